The largest absolute Gasteiger partial charge is 0.309 e. The molecule has 2 aromatic heterocycles. The van der Waals surface area contributed by atoms with Crippen LogP contribution in [0.4, 0.5) is 0 Å². The molecule has 0 aliphatic heterocycles. The smallest absolute Gasteiger partial charge is 0.0971 e. The van der Waals surface area contributed by atoms with Gasteiger partial charge in [0.15, 0.2) is 0 Å². The Balaban J connectivity index is 1.02. The maximum atomic E-state index is 4.75. The van der Waals surface area contributed by atoms with Crippen LogP contribution in [0.2, 0.25) is 0 Å². The molecular formula is C50H31N3. The second-order valence-electron chi connectivity index (χ2n) is 13.8. The molecule has 0 radical (unpaired) electrons. The van der Waals surface area contributed by atoms with E-state index in [-0.39, 0.29) is 0 Å². The zero-order valence-electron chi connectivity index (χ0n) is 28.7. The average Bonchev–Trinajstić information content (AvgIpc) is 3.57. The molecule has 0 fully saturated rings. The van der Waals surface area contributed by atoms with E-state index in [0.717, 1.165) is 21.8 Å². The number of fused-ring (bicyclic) bond motifs is 10. The van der Waals surface area contributed by atoms with Gasteiger partial charge < -0.3 is 4.57 Å². The molecule has 0 bridgehead atoms. The van der Waals surface area contributed by atoms with E-state index in [1.807, 2.05) is 0 Å². The van der Waals surface area contributed by atoms with Crippen LogP contribution in [0, 0.1) is 0 Å². The number of aromatic nitrogens is 3. The Labute approximate surface area is 306 Å². The lowest BCUT2D eigenvalue weighted by molar-refractivity contribution is 1.20. The molecule has 246 valence electrons. The molecule has 0 aliphatic rings. The molecule has 0 unspecified atom stereocenters. The Morgan fingerprint density at radius 3 is 1.49 bits per heavy atom. The van der Waals surface area contributed by atoms with Gasteiger partial charge in [-0.3, -0.25) is 9.97 Å². The van der Waals surface area contributed by atoms with E-state index in [4.69, 9.17) is 9.97 Å². The first-order chi connectivity index (χ1) is 26.3. The number of hydrogen-bond acceptors (Lipinski definition) is 2. The van der Waals surface area contributed by atoms with Crippen molar-refractivity contribution in [2.45, 2.75) is 0 Å². The fourth-order valence-corrected chi connectivity index (χ4v) is 8.48. The van der Waals surface area contributed by atoms with Crippen molar-refractivity contribution >= 4 is 65.2 Å². The Kier molecular flexibility index (Phi) is 6.55. The summed E-state index contributed by atoms with van der Waals surface area (Å²) in [5, 5.41) is 9.63. The molecule has 0 atom stereocenters. The predicted octanol–water partition coefficient (Wildman–Crippen LogP) is 13.2. The molecule has 11 aromatic rings. The van der Waals surface area contributed by atoms with Crippen LogP contribution in [-0.2, 0) is 0 Å². The Morgan fingerprint density at radius 2 is 0.792 bits per heavy atom. The van der Waals surface area contributed by atoms with Crippen LogP contribution in [0.3, 0.4) is 0 Å². The van der Waals surface area contributed by atoms with Gasteiger partial charge in [0, 0.05) is 39.3 Å². The van der Waals surface area contributed by atoms with Gasteiger partial charge in [0.25, 0.3) is 0 Å². The van der Waals surface area contributed by atoms with Gasteiger partial charge in [0.2, 0.25) is 0 Å². The Morgan fingerprint density at radius 1 is 0.302 bits per heavy atom. The summed E-state index contributed by atoms with van der Waals surface area (Å²) in [5.74, 6) is 0. The van der Waals surface area contributed by atoms with E-state index in [0.29, 0.717) is 0 Å². The highest BCUT2D eigenvalue weighted by molar-refractivity contribution is 6.23. The first-order valence-corrected chi connectivity index (χ1v) is 18.1. The molecule has 3 nitrogen and oxygen atoms in total. The lowest BCUT2D eigenvalue weighted by atomic mass is 9.92. The van der Waals surface area contributed by atoms with E-state index in [9.17, 15) is 0 Å². The van der Waals surface area contributed by atoms with Crippen LogP contribution in [0.25, 0.3) is 104 Å². The fraction of sp³-hybridized carbons (Fsp3) is 0. The molecule has 0 spiro atoms. The lowest BCUT2D eigenvalue weighted by Crippen LogP contribution is -1.95. The number of benzene rings is 9. The molecule has 0 amide bonds. The van der Waals surface area contributed by atoms with Crippen molar-refractivity contribution in [3.8, 4) is 39.1 Å². The zero-order valence-corrected chi connectivity index (χ0v) is 28.7. The van der Waals surface area contributed by atoms with Crippen molar-refractivity contribution in [1.82, 2.24) is 14.5 Å². The van der Waals surface area contributed by atoms with Crippen LogP contribution in [0.1, 0.15) is 0 Å². The van der Waals surface area contributed by atoms with Crippen LogP contribution in [0.15, 0.2) is 188 Å². The quantitative estimate of drug-likeness (QED) is 0.174. The summed E-state index contributed by atoms with van der Waals surface area (Å²) in [7, 11) is 0. The normalized spacial score (nSPS) is 11.8. The molecule has 3 heteroatoms. The highest BCUT2D eigenvalue weighted by atomic mass is 15.0. The van der Waals surface area contributed by atoms with Crippen LogP contribution >= 0.6 is 0 Å². The summed E-state index contributed by atoms with van der Waals surface area (Å²) in [4.78, 5) is 9.45. The van der Waals surface area contributed by atoms with Gasteiger partial charge >= 0.3 is 0 Å². The molecule has 0 aliphatic carbocycles. The standard InChI is InChI=1S/C50H31N3/c1-2-18-43-39(15-1)45-31-35(25-26-44(45)50-49(43)51-27-28-52-50)33-12-7-11-32(29-33)34-13-8-14-36(30-34)37-19-9-21-40-38(37)20-10-24-48(40)53-46-22-5-3-16-41(46)42-17-4-6-23-47(42)53/h1-31H. The minimum Gasteiger partial charge on any atom is -0.309 e. The van der Waals surface area contributed by atoms with Gasteiger partial charge in [-0.2, -0.15) is 0 Å². The second-order valence-corrected chi connectivity index (χ2v) is 13.8. The SMILES string of the molecule is c1cc(-c2cccc(-c3cccc4c(-n5c6ccccc6c6ccccc65)cccc34)c2)cc(-c2ccc3c(c2)c2ccccc2c2nccnc32)c1. The fourth-order valence-electron chi connectivity index (χ4n) is 8.48. The van der Waals surface area contributed by atoms with E-state index >= 15 is 0 Å². The van der Waals surface area contributed by atoms with Crippen molar-refractivity contribution in [2.75, 3.05) is 0 Å². The second kappa shape index (κ2) is 11.7. The lowest BCUT2D eigenvalue weighted by Gasteiger charge is -2.15. The summed E-state index contributed by atoms with van der Waals surface area (Å²) in [6.45, 7) is 0. The van der Waals surface area contributed by atoms with Crippen LogP contribution in [-0.4, -0.2) is 14.5 Å². The Bertz CT molecular complexity index is 3150. The minimum atomic E-state index is 0.939. The molecule has 11 rings (SSSR count). The molecular weight excluding hydrogens is 643 g/mol. The third kappa shape index (κ3) is 4.61. The van der Waals surface area contributed by atoms with Gasteiger partial charge in [-0.1, -0.05) is 140 Å². The monoisotopic (exact) mass is 673 g/mol. The van der Waals surface area contributed by atoms with Gasteiger partial charge in [0.05, 0.1) is 27.8 Å². The first kappa shape index (κ1) is 29.6. The zero-order chi connectivity index (χ0) is 34.9. The van der Waals surface area contributed by atoms with E-state index < -0.39 is 0 Å². The number of hydrogen-bond donors (Lipinski definition) is 0. The molecule has 53 heavy (non-hydrogen) atoms. The Hall–Kier alpha value is -7.10. The third-order valence-electron chi connectivity index (χ3n) is 10.9. The summed E-state index contributed by atoms with van der Waals surface area (Å²) in [5.41, 5.74) is 12.7. The average molecular weight is 674 g/mol. The highest BCUT2D eigenvalue weighted by Gasteiger charge is 2.16. The van der Waals surface area contributed by atoms with Crippen LogP contribution in [0.5, 0.6) is 0 Å². The topological polar surface area (TPSA) is 30.7 Å². The molecule has 0 saturated carbocycles. The highest BCUT2D eigenvalue weighted by Crippen LogP contribution is 2.39. The van der Waals surface area contributed by atoms with E-state index in [1.165, 1.54) is 82.4 Å². The number of nitrogens with zero attached hydrogens (tertiary/aromatic N) is 3. The van der Waals surface area contributed by atoms with Gasteiger partial charge in [0.1, 0.15) is 0 Å². The van der Waals surface area contributed by atoms with Crippen molar-refractivity contribution in [2.24, 2.45) is 0 Å². The van der Waals surface area contributed by atoms with Crippen molar-refractivity contribution in [3.63, 3.8) is 0 Å². The molecule has 0 N–H and O–H groups in total. The first-order valence-electron chi connectivity index (χ1n) is 18.1. The van der Waals surface area contributed by atoms with Crippen molar-refractivity contribution < 1.29 is 0 Å². The van der Waals surface area contributed by atoms with Gasteiger partial charge in [-0.15, -0.1) is 0 Å². The summed E-state index contributed by atoms with van der Waals surface area (Å²) < 4.78 is 2.42. The van der Waals surface area contributed by atoms with Crippen molar-refractivity contribution in [1.29, 1.82) is 0 Å². The van der Waals surface area contributed by atoms with Gasteiger partial charge in [-0.05, 0) is 85.9 Å². The van der Waals surface area contributed by atoms with Crippen LogP contribution < -0.4 is 0 Å². The minimum absolute atomic E-state index is 0.939. The molecule has 9 aromatic carbocycles. The summed E-state index contributed by atoms with van der Waals surface area (Å²) in [6, 6.07) is 63.9. The van der Waals surface area contributed by atoms with Crippen molar-refractivity contribution in [3.05, 3.63) is 188 Å². The van der Waals surface area contributed by atoms with Gasteiger partial charge in [-0.25, -0.2) is 0 Å². The maximum Gasteiger partial charge on any atom is 0.0971 e. The molecule has 2 heterocycles. The molecule has 0 saturated heterocycles. The number of para-hydroxylation sites is 2. The summed E-state index contributed by atoms with van der Waals surface area (Å²) >= 11 is 0. The van der Waals surface area contributed by atoms with E-state index in [1.54, 1.807) is 12.4 Å². The van der Waals surface area contributed by atoms with E-state index in [2.05, 4.69) is 180 Å². The number of rotatable bonds is 4. The maximum absolute atomic E-state index is 4.75. The third-order valence-corrected chi connectivity index (χ3v) is 10.9. The predicted molar refractivity (Wildman–Crippen MR) is 223 cm³/mol. The summed E-state index contributed by atoms with van der Waals surface area (Å²) in [6.07, 6.45) is 3.56.